The molecule has 0 heterocycles. The van der Waals surface area contributed by atoms with Crippen LogP contribution in [-0.4, -0.2) is 24.0 Å². The minimum absolute atomic E-state index is 0.258. The summed E-state index contributed by atoms with van der Waals surface area (Å²) in [6.07, 6.45) is 0. The minimum atomic E-state index is -1.54. The number of nitrogens with zero attached hydrogens (tertiary/aromatic N) is 1. The van der Waals surface area contributed by atoms with E-state index >= 15 is 0 Å². The molecule has 0 spiro atoms. The second-order valence-electron chi connectivity index (χ2n) is 7.56. The van der Waals surface area contributed by atoms with Crippen LogP contribution in [0.15, 0.2) is 72.8 Å². The molecule has 0 aromatic heterocycles. The van der Waals surface area contributed by atoms with E-state index in [2.05, 4.69) is 6.07 Å². The van der Waals surface area contributed by atoms with E-state index < -0.39 is 21.6 Å². The molecule has 4 rings (SSSR count). The number of carbonyl (C=O) groups is 1. The Kier molecular flexibility index (Phi) is 6.25. The van der Waals surface area contributed by atoms with Crippen molar-refractivity contribution in [2.24, 2.45) is 0 Å². The second kappa shape index (κ2) is 8.97. The van der Waals surface area contributed by atoms with Gasteiger partial charge in [0.15, 0.2) is 0 Å². The molecule has 0 aliphatic heterocycles. The highest BCUT2D eigenvalue weighted by Gasteiger charge is 2.82. The lowest BCUT2D eigenvalue weighted by Gasteiger charge is -2.18. The SMILES string of the molecule is CCOc1ccc(C2(C(=O)OC)C(c3cccc(Oc4ccccc4)c3C#N)C2(Cl)Cl)cc1. The van der Waals surface area contributed by atoms with Crippen LogP contribution in [0.1, 0.15) is 29.5 Å². The van der Waals surface area contributed by atoms with E-state index in [0.29, 0.717) is 35.0 Å². The lowest BCUT2D eigenvalue weighted by Crippen LogP contribution is -2.28. The molecule has 7 heteroatoms. The van der Waals surface area contributed by atoms with Crippen molar-refractivity contribution in [3.63, 3.8) is 0 Å². The van der Waals surface area contributed by atoms with Gasteiger partial charge in [-0.1, -0.05) is 65.7 Å². The maximum Gasteiger partial charge on any atom is 0.320 e. The molecule has 3 aromatic carbocycles. The van der Waals surface area contributed by atoms with Crippen molar-refractivity contribution in [3.05, 3.63) is 89.5 Å². The van der Waals surface area contributed by atoms with Crippen molar-refractivity contribution in [3.8, 4) is 23.3 Å². The Balaban J connectivity index is 1.82. The molecule has 0 radical (unpaired) electrons. The summed E-state index contributed by atoms with van der Waals surface area (Å²) < 4.78 is 15.1. The number of nitriles is 1. The largest absolute Gasteiger partial charge is 0.494 e. The van der Waals surface area contributed by atoms with Gasteiger partial charge in [0.1, 0.15) is 33.1 Å². The van der Waals surface area contributed by atoms with E-state index in [4.69, 9.17) is 37.4 Å². The normalized spacial score (nSPS) is 20.4. The summed E-state index contributed by atoms with van der Waals surface area (Å²) in [6, 6.07) is 23.5. The third kappa shape index (κ3) is 3.70. The fourth-order valence-electron chi connectivity index (χ4n) is 4.31. The first-order chi connectivity index (χ1) is 15.9. The molecule has 1 aliphatic carbocycles. The van der Waals surface area contributed by atoms with E-state index in [-0.39, 0.29) is 5.56 Å². The molecule has 5 nitrogen and oxygen atoms in total. The predicted molar refractivity (Wildman–Crippen MR) is 126 cm³/mol. The van der Waals surface area contributed by atoms with E-state index in [1.165, 1.54) is 7.11 Å². The Bertz CT molecular complexity index is 1210. The predicted octanol–water partition coefficient (Wildman–Crippen LogP) is 6.13. The third-order valence-corrected chi connectivity index (χ3v) is 6.85. The standard InChI is InChI=1S/C26H21Cl2NO4/c1-3-32-18-14-12-17(13-15-18)25(24(30)31-2)23(26(25,27)28)20-10-7-11-22(21(20)16-29)33-19-8-5-4-6-9-19/h4-15,23H,3H2,1-2H3. The van der Waals surface area contributed by atoms with Gasteiger partial charge in [-0.05, 0) is 48.4 Å². The van der Waals surface area contributed by atoms with E-state index in [1.54, 1.807) is 54.6 Å². The summed E-state index contributed by atoms with van der Waals surface area (Å²) in [5, 5.41) is 10.0. The summed E-state index contributed by atoms with van der Waals surface area (Å²) in [6.45, 7) is 2.40. The topological polar surface area (TPSA) is 68.6 Å². The van der Waals surface area contributed by atoms with Gasteiger partial charge in [-0.2, -0.15) is 5.26 Å². The summed E-state index contributed by atoms with van der Waals surface area (Å²) in [5.74, 6) is 0.273. The number of alkyl halides is 2. The van der Waals surface area contributed by atoms with E-state index in [9.17, 15) is 10.1 Å². The molecule has 0 saturated heterocycles. The van der Waals surface area contributed by atoms with E-state index in [0.717, 1.165) is 0 Å². The third-order valence-electron chi connectivity index (χ3n) is 5.82. The number of para-hydroxylation sites is 1. The van der Waals surface area contributed by atoms with Crippen LogP contribution < -0.4 is 9.47 Å². The minimum Gasteiger partial charge on any atom is -0.494 e. The Morgan fingerprint density at radius 2 is 1.70 bits per heavy atom. The summed E-state index contributed by atoms with van der Waals surface area (Å²) in [4.78, 5) is 13.1. The summed E-state index contributed by atoms with van der Waals surface area (Å²) >= 11 is 13.6. The van der Waals surface area contributed by atoms with Crippen molar-refractivity contribution in [1.29, 1.82) is 5.26 Å². The van der Waals surface area contributed by atoms with Crippen molar-refractivity contribution in [1.82, 2.24) is 0 Å². The molecule has 0 bridgehead atoms. The highest BCUT2D eigenvalue weighted by molar-refractivity contribution is 6.55. The van der Waals surface area contributed by atoms with Crippen LogP contribution in [0.4, 0.5) is 0 Å². The molecular weight excluding hydrogens is 461 g/mol. The summed E-state index contributed by atoms with van der Waals surface area (Å²) in [7, 11) is 1.29. The maximum atomic E-state index is 13.1. The fraction of sp³-hybridized carbons (Fsp3) is 0.231. The lowest BCUT2D eigenvalue weighted by atomic mass is 9.89. The molecule has 2 atom stereocenters. The number of benzene rings is 3. The number of rotatable bonds is 7. The Morgan fingerprint density at radius 3 is 2.30 bits per heavy atom. The molecule has 1 saturated carbocycles. The van der Waals surface area contributed by atoms with Crippen molar-refractivity contribution >= 4 is 29.2 Å². The zero-order chi connectivity index (χ0) is 23.6. The van der Waals surface area contributed by atoms with Crippen LogP contribution in [0.2, 0.25) is 0 Å². The first-order valence-electron chi connectivity index (χ1n) is 10.4. The van der Waals surface area contributed by atoms with Crippen LogP contribution in [0.3, 0.4) is 0 Å². The monoisotopic (exact) mass is 481 g/mol. The fourth-order valence-corrected chi connectivity index (χ4v) is 5.36. The van der Waals surface area contributed by atoms with Crippen molar-refractivity contribution in [2.75, 3.05) is 13.7 Å². The average molecular weight is 482 g/mol. The van der Waals surface area contributed by atoms with Gasteiger partial charge in [0.25, 0.3) is 0 Å². The van der Waals surface area contributed by atoms with Gasteiger partial charge in [0, 0.05) is 5.92 Å². The molecule has 2 unspecified atom stereocenters. The molecule has 1 aliphatic rings. The van der Waals surface area contributed by atoms with Gasteiger partial charge in [0.05, 0.1) is 19.3 Å². The smallest absolute Gasteiger partial charge is 0.320 e. The lowest BCUT2D eigenvalue weighted by molar-refractivity contribution is -0.143. The second-order valence-corrected chi connectivity index (χ2v) is 8.95. The van der Waals surface area contributed by atoms with Gasteiger partial charge in [0.2, 0.25) is 0 Å². The number of methoxy groups -OCH3 is 1. The number of esters is 1. The molecule has 0 amide bonds. The van der Waals surface area contributed by atoms with Crippen LogP contribution in [-0.2, 0) is 14.9 Å². The van der Waals surface area contributed by atoms with Crippen LogP contribution in [0.25, 0.3) is 0 Å². The molecule has 0 N–H and O–H groups in total. The van der Waals surface area contributed by atoms with Gasteiger partial charge in [-0.25, -0.2) is 0 Å². The van der Waals surface area contributed by atoms with Crippen LogP contribution in [0.5, 0.6) is 17.2 Å². The van der Waals surface area contributed by atoms with E-state index in [1.807, 2.05) is 25.1 Å². The highest BCUT2D eigenvalue weighted by Crippen LogP contribution is 2.75. The van der Waals surface area contributed by atoms with Gasteiger partial charge in [-0.15, -0.1) is 0 Å². The van der Waals surface area contributed by atoms with Gasteiger partial charge in [-0.3, -0.25) is 4.79 Å². The first-order valence-corrected chi connectivity index (χ1v) is 11.1. The molecule has 33 heavy (non-hydrogen) atoms. The number of ether oxygens (including phenoxy) is 3. The number of hydrogen-bond acceptors (Lipinski definition) is 5. The number of halogens is 2. The molecule has 168 valence electrons. The molecule has 1 fully saturated rings. The Morgan fingerprint density at radius 1 is 1.00 bits per heavy atom. The Hall–Kier alpha value is -3.20. The molecule has 3 aromatic rings. The van der Waals surface area contributed by atoms with Crippen LogP contribution in [0, 0.1) is 11.3 Å². The quantitative estimate of drug-likeness (QED) is 0.299. The zero-order valence-electron chi connectivity index (χ0n) is 18.0. The van der Waals surface area contributed by atoms with Crippen molar-refractivity contribution < 1.29 is 19.0 Å². The van der Waals surface area contributed by atoms with Crippen molar-refractivity contribution in [2.45, 2.75) is 22.6 Å². The average Bonchev–Trinajstić information content (AvgIpc) is 3.36. The number of carbonyl (C=O) groups excluding carboxylic acids is 1. The van der Waals surface area contributed by atoms with Crippen LogP contribution >= 0.6 is 23.2 Å². The van der Waals surface area contributed by atoms with Gasteiger partial charge >= 0.3 is 5.97 Å². The highest BCUT2D eigenvalue weighted by atomic mass is 35.5. The van der Waals surface area contributed by atoms with Gasteiger partial charge < -0.3 is 14.2 Å². The zero-order valence-corrected chi connectivity index (χ0v) is 19.6. The first kappa shape index (κ1) is 23.0. The summed E-state index contributed by atoms with van der Waals surface area (Å²) in [5.41, 5.74) is -0.0536. The number of hydrogen-bond donors (Lipinski definition) is 0. The Labute approximate surface area is 202 Å². The molecular formula is C26H21Cl2NO4. The maximum absolute atomic E-state index is 13.1.